The average Bonchev–Trinajstić information content (AvgIpc) is 3.21. The first-order chi connectivity index (χ1) is 11.2. The highest BCUT2D eigenvalue weighted by molar-refractivity contribution is 7.13. The van der Waals surface area contributed by atoms with E-state index in [0.29, 0.717) is 22.1 Å². The summed E-state index contributed by atoms with van der Waals surface area (Å²) in [5, 5.41) is 11.1. The molecule has 0 aliphatic carbocycles. The Morgan fingerprint density at radius 3 is 2.52 bits per heavy atom. The summed E-state index contributed by atoms with van der Waals surface area (Å²) in [6, 6.07) is 8.19. The van der Waals surface area contributed by atoms with Crippen LogP contribution in [0.4, 0.5) is 15.6 Å². The number of amides is 2. The van der Waals surface area contributed by atoms with E-state index in [4.69, 9.17) is 4.74 Å². The number of nitrogens with one attached hydrogen (secondary N) is 2. The zero-order chi connectivity index (χ0) is 16.1. The third-order valence-corrected chi connectivity index (χ3v) is 4.10. The number of hydrogen-bond acceptors (Lipinski definition) is 6. The summed E-state index contributed by atoms with van der Waals surface area (Å²) >= 11 is 2.78. The number of thiophene rings is 1. The number of carbonyl (C=O) groups is 2. The second-order valence-electron chi connectivity index (χ2n) is 4.34. The van der Waals surface area contributed by atoms with Crippen molar-refractivity contribution in [1.82, 2.24) is 4.98 Å². The normalized spacial score (nSPS) is 10.1. The van der Waals surface area contributed by atoms with Crippen LogP contribution in [0.25, 0.3) is 0 Å². The third kappa shape index (κ3) is 4.15. The second-order valence-corrected chi connectivity index (χ2v) is 6.02. The molecule has 0 aliphatic heterocycles. The number of benzene rings is 1. The molecule has 0 fully saturated rings. The first-order valence-electron chi connectivity index (χ1n) is 6.52. The molecule has 3 aromatic rings. The van der Waals surface area contributed by atoms with Gasteiger partial charge in [0.05, 0.1) is 0 Å². The van der Waals surface area contributed by atoms with E-state index in [2.05, 4.69) is 15.6 Å². The summed E-state index contributed by atoms with van der Waals surface area (Å²) in [7, 11) is 0. The summed E-state index contributed by atoms with van der Waals surface area (Å²) in [4.78, 5) is 27.7. The second kappa shape index (κ2) is 7.03. The Morgan fingerprint density at radius 1 is 1.04 bits per heavy atom. The smallest absolute Gasteiger partial charge is 0.409 e. The van der Waals surface area contributed by atoms with Gasteiger partial charge in [0.2, 0.25) is 0 Å². The van der Waals surface area contributed by atoms with Crippen LogP contribution >= 0.6 is 22.7 Å². The van der Waals surface area contributed by atoms with Crippen molar-refractivity contribution in [2.75, 3.05) is 10.6 Å². The fourth-order valence-corrected chi connectivity index (χ4v) is 2.80. The highest BCUT2D eigenvalue weighted by Gasteiger charge is 2.09. The summed E-state index contributed by atoms with van der Waals surface area (Å²) in [6.45, 7) is 0. The Morgan fingerprint density at radius 2 is 1.87 bits per heavy atom. The molecule has 0 aliphatic rings. The van der Waals surface area contributed by atoms with Crippen LogP contribution in [0.1, 0.15) is 10.4 Å². The molecule has 0 radical (unpaired) electrons. The van der Waals surface area contributed by atoms with Gasteiger partial charge in [-0.05, 0) is 35.7 Å². The monoisotopic (exact) mass is 345 g/mol. The minimum Gasteiger partial charge on any atom is -0.409 e. The van der Waals surface area contributed by atoms with Crippen LogP contribution in [-0.4, -0.2) is 17.0 Å². The van der Waals surface area contributed by atoms with Gasteiger partial charge in [0.15, 0.2) is 5.13 Å². The Kier molecular flexibility index (Phi) is 4.65. The van der Waals surface area contributed by atoms with Gasteiger partial charge in [-0.1, -0.05) is 0 Å². The molecular formula is C15H11N3O3S2. The van der Waals surface area contributed by atoms with Gasteiger partial charge in [0.1, 0.15) is 5.75 Å². The van der Waals surface area contributed by atoms with E-state index in [1.807, 2.05) is 5.38 Å². The minimum atomic E-state index is -0.580. The molecule has 0 spiro atoms. The lowest BCUT2D eigenvalue weighted by Gasteiger charge is -2.06. The standard InChI is InChI=1S/C15H11N3O3S2/c19-13(18-14-16-6-8-23-14)10-1-3-11(4-2-10)17-15(20)21-12-5-7-22-9-12/h1-9H,(H,17,20)(H,16,18,19). The quantitative estimate of drug-likeness (QED) is 0.747. The minimum absolute atomic E-state index is 0.257. The van der Waals surface area contributed by atoms with Crippen molar-refractivity contribution in [3.05, 3.63) is 58.2 Å². The molecule has 2 N–H and O–H groups in total. The molecule has 2 heterocycles. The highest BCUT2D eigenvalue weighted by atomic mass is 32.1. The van der Waals surface area contributed by atoms with Crippen molar-refractivity contribution < 1.29 is 14.3 Å². The lowest BCUT2D eigenvalue weighted by Crippen LogP contribution is -2.16. The lowest BCUT2D eigenvalue weighted by atomic mass is 10.2. The average molecular weight is 345 g/mol. The molecule has 23 heavy (non-hydrogen) atoms. The van der Waals surface area contributed by atoms with Crippen molar-refractivity contribution in [2.45, 2.75) is 0 Å². The Labute approximate surface area is 139 Å². The van der Waals surface area contributed by atoms with Crippen molar-refractivity contribution in [3.63, 3.8) is 0 Å². The van der Waals surface area contributed by atoms with Gasteiger partial charge in [-0.2, -0.15) is 0 Å². The molecule has 2 aromatic heterocycles. The predicted octanol–water partition coefficient (Wildman–Crippen LogP) is 4.07. The molecule has 3 rings (SSSR count). The van der Waals surface area contributed by atoms with Crippen molar-refractivity contribution in [2.24, 2.45) is 0 Å². The summed E-state index contributed by atoms with van der Waals surface area (Å²) < 4.78 is 5.08. The zero-order valence-electron chi connectivity index (χ0n) is 11.7. The van der Waals surface area contributed by atoms with Crippen LogP contribution in [0.5, 0.6) is 5.75 Å². The SMILES string of the molecule is O=C(Nc1ccc(C(=O)Nc2nccs2)cc1)Oc1ccsc1. The van der Waals surface area contributed by atoms with E-state index < -0.39 is 6.09 Å². The summed E-state index contributed by atoms with van der Waals surface area (Å²) in [6.07, 6.45) is 1.04. The molecule has 0 saturated heterocycles. The van der Waals surface area contributed by atoms with E-state index in [0.717, 1.165) is 0 Å². The van der Waals surface area contributed by atoms with Gasteiger partial charge >= 0.3 is 6.09 Å². The van der Waals surface area contributed by atoms with E-state index in [9.17, 15) is 9.59 Å². The molecule has 8 heteroatoms. The molecule has 0 atom stereocenters. The van der Waals surface area contributed by atoms with Crippen LogP contribution < -0.4 is 15.4 Å². The van der Waals surface area contributed by atoms with Crippen LogP contribution in [0.15, 0.2) is 52.7 Å². The maximum atomic E-state index is 12.0. The van der Waals surface area contributed by atoms with Gasteiger partial charge in [-0.3, -0.25) is 15.4 Å². The third-order valence-electron chi connectivity index (χ3n) is 2.75. The van der Waals surface area contributed by atoms with Gasteiger partial charge in [0, 0.05) is 28.2 Å². The van der Waals surface area contributed by atoms with E-state index in [1.54, 1.807) is 47.3 Å². The largest absolute Gasteiger partial charge is 0.417 e. The van der Waals surface area contributed by atoms with E-state index in [-0.39, 0.29) is 5.91 Å². The Hall–Kier alpha value is -2.71. The summed E-state index contributed by atoms with van der Waals surface area (Å²) in [5.41, 5.74) is 1.01. The fourth-order valence-electron chi connectivity index (χ4n) is 1.72. The van der Waals surface area contributed by atoms with Crippen molar-refractivity contribution >= 4 is 45.5 Å². The number of rotatable bonds is 4. The van der Waals surface area contributed by atoms with Crippen LogP contribution in [0, 0.1) is 0 Å². The first kappa shape index (κ1) is 15.2. The van der Waals surface area contributed by atoms with E-state index >= 15 is 0 Å². The number of nitrogens with zero attached hydrogens (tertiary/aromatic N) is 1. The van der Waals surface area contributed by atoms with E-state index in [1.165, 1.54) is 22.7 Å². The van der Waals surface area contributed by atoms with Crippen molar-refractivity contribution in [3.8, 4) is 5.75 Å². The van der Waals surface area contributed by atoms with Crippen LogP contribution in [0.2, 0.25) is 0 Å². The highest BCUT2D eigenvalue weighted by Crippen LogP contribution is 2.17. The fraction of sp³-hybridized carbons (Fsp3) is 0. The van der Waals surface area contributed by atoms with Crippen LogP contribution in [0.3, 0.4) is 0 Å². The summed E-state index contributed by atoms with van der Waals surface area (Å²) in [5.74, 6) is 0.235. The number of hydrogen-bond donors (Lipinski definition) is 2. The number of aromatic nitrogens is 1. The first-order valence-corrected chi connectivity index (χ1v) is 8.35. The van der Waals surface area contributed by atoms with Crippen molar-refractivity contribution in [1.29, 1.82) is 0 Å². The Bertz CT molecular complexity index is 784. The zero-order valence-corrected chi connectivity index (χ0v) is 13.3. The van der Waals surface area contributed by atoms with Gasteiger partial charge in [0.25, 0.3) is 5.91 Å². The topological polar surface area (TPSA) is 80.3 Å². The number of anilines is 2. The molecule has 116 valence electrons. The Balaban J connectivity index is 1.58. The van der Waals surface area contributed by atoms with Gasteiger partial charge in [-0.25, -0.2) is 9.78 Å². The molecule has 6 nitrogen and oxygen atoms in total. The maximum Gasteiger partial charge on any atom is 0.417 e. The number of thiazole rings is 1. The maximum absolute atomic E-state index is 12.0. The molecule has 0 unspecified atom stereocenters. The number of carbonyl (C=O) groups excluding carboxylic acids is 2. The molecular weight excluding hydrogens is 334 g/mol. The molecule has 0 bridgehead atoms. The lowest BCUT2D eigenvalue weighted by molar-refractivity contribution is 0.102. The van der Waals surface area contributed by atoms with Gasteiger partial charge < -0.3 is 4.74 Å². The van der Waals surface area contributed by atoms with Crippen LogP contribution in [-0.2, 0) is 0 Å². The number of ether oxygens (including phenoxy) is 1. The molecule has 2 amide bonds. The molecule has 1 aromatic carbocycles. The van der Waals surface area contributed by atoms with Gasteiger partial charge in [-0.15, -0.1) is 22.7 Å². The molecule has 0 saturated carbocycles. The predicted molar refractivity (Wildman–Crippen MR) is 90.5 cm³/mol.